The van der Waals surface area contributed by atoms with E-state index in [-0.39, 0.29) is 5.97 Å². The van der Waals surface area contributed by atoms with Crippen LogP contribution in [0.3, 0.4) is 0 Å². The summed E-state index contributed by atoms with van der Waals surface area (Å²) in [7, 11) is 4.36. The molecule has 0 N–H and O–H groups in total. The van der Waals surface area contributed by atoms with Gasteiger partial charge >= 0.3 is 129 Å². The van der Waals surface area contributed by atoms with E-state index in [1.807, 2.05) is 0 Å². The number of carbonyl (C=O) groups excluding carboxylic acids is 1. The van der Waals surface area contributed by atoms with Crippen LogP contribution in [0.5, 0.6) is 0 Å². The molecule has 5 heteroatoms. The van der Waals surface area contributed by atoms with E-state index >= 15 is 0 Å². The zero-order valence-corrected chi connectivity index (χ0v) is 17.2. The molecule has 0 bridgehead atoms. The van der Waals surface area contributed by atoms with E-state index < -0.39 is 15.6 Å². The topological polar surface area (TPSA) is 26.3 Å². The molecule has 0 aromatic carbocycles. The molecule has 0 saturated carbocycles. The Morgan fingerprint density at radius 1 is 1.16 bits per heavy atom. The molecular weight excluding hydrogens is 383 g/mol. The van der Waals surface area contributed by atoms with Crippen LogP contribution in [0.15, 0.2) is 0 Å². The molecule has 0 unspecified atom stereocenters. The molecule has 0 rings (SSSR count). The summed E-state index contributed by atoms with van der Waals surface area (Å²) < 4.78 is 7.95. The average molecular weight is 412 g/mol. The Morgan fingerprint density at radius 3 is 2.16 bits per heavy atom. The minimum absolute atomic E-state index is 0.159. The molecule has 113 valence electrons. The van der Waals surface area contributed by atoms with Gasteiger partial charge in [0, 0.05) is 0 Å². The molecule has 0 atom stereocenters. The number of hydrogen-bond donors (Lipinski definition) is 0. The predicted octanol–water partition coefficient (Wildman–Crippen LogP) is 4.89. The summed E-state index contributed by atoms with van der Waals surface area (Å²) in [5.74, 6) is 1.83. The maximum atomic E-state index is 10.8. The number of hydrogen-bond acceptors (Lipinski definition) is 4. The van der Waals surface area contributed by atoms with Crippen molar-refractivity contribution in [2.45, 2.75) is 55.3 Å². The fraction of sp³-hybridized carbons (Fsp3) is 0.857. The number of esters is 1. The second-order valence-corrected chi connectivity index (χ2v) is 31.3. The summed E-state index contributed by atoms with van der Waals surface area (Å²) in [6.07, 6.45) is 5.28. The van der Waals surface area contributed by atoms with Crippen LogP contribution in [0.25, 0.3) is 0 Å². The number of ether oxygens (including phenoxy) is 1. The van der Waals surface area contributed by atoms with Gasteiger partial charge in [-0.25, -0.2) is 0 Å². The average Bonchev–Trinajstić information content (AvgIpc) is 2.39. The SMILES string of the molecule is [CH2]C[S][Sn]([CH2]CCC)([CH2]CCC)[S]CCOC(C)=O. The minimum atomic E-state index is -2.15. The van der Waals surface area contributed by atoms with E-state index in [0.717, 1.165) is 11.5 Å². The summed E-state index contributed by atoms with van der Waals surface area (Å²) in [4.78, 5) is 10.8. The van der Waals surface area contributed by atoms with Crippen molar-refractivity contribution in [1.29, 1.82) is 0 Å². The molecule has 0 aliphatic carbocycles. The normalized spacial score (nSPS) is 11.6. The molecule has 0 aromatic heterocycles. The van der Waals surface area contributed by atoms with Crippen molar-refractivity contribution in [2.24, 2.45) is 0 Å². The Bertz CT molecular complexity index is 229. The molecule has 0 saturated heterocycles. The van der Waals surface area contributed by atoms with Crippen molar-refractivity contribution in [1.82, 2.24) is 0 Å². The van der Waals surface area contributed by atoms with E-state index in [1.165, 1.54) is 41.5 Å². The molecule has 19 heavy (non-hydrogen) atoms. The van der Waals surface area contributed by atoms with Gasteiger partial charge in [-0.3, -0.25) is 0 Å². The molecule has 0 spiro atoms. The van der Waals surface area contributed by atoms with E-state index in [4.69, 9.17) is 4.74 Å². The predicted molar refractivity (Wildman–Crippen MR) is 92.1 cm³/mol. The van der Waals surface area contributed by atoms with E-state index in [2.05, 4.69) is 38.7 Å². The van der Waals surface area contributed by atoms with Gasteiger partial charge in [-0.15, -0.1) is 0 Å². The molecule has 0 amide bonds. The molecule has 2 nitrogen and oxygen atoms in total. The molecule has 0 fully saturated rings. The Labute approximate surface area is 129 Å². The Balaban J connectivity index is 4.35. The van der Waals surface area contributed by atoms with Crippen LogP contribution in [0.2, 0.25) is 8.87 Å². The first-order valence-corrected chi connectivity index (χ1v) is 20.3. The molecule has 0 aliphatic heterocycles. The van der Waals surface area contributed by atoms with Gasteiger partial charge in [0.15, 0.2) is 0 Å². The van der Waals surface area contributed by atoms with Crippen LogP contribution in [-0.4, -0.2) is 39.7 Å². The number of rotatable bonds is 12. The van der Waals surface area contributed by atoms with Crippen molar-refractivity contribution in [3.8, 4) is 0 Å². The third kappa shape index (κ3) is 10.4. The third-order valence-electron chi connectivity index (χ3n) is 2.94. The Kier molecular flexibility index (Phi) is 13.3. The van der Waals surface area contributed by atoms with Crippen molar-refractivity contribution >= 4 is 39.5 Å². The van der Waals surface area contributed by atoms with Crippen molar-refractivity contribution in [3.63, 3.8) is 0 Å². The summed E-state index contributed by atoms with van der Waals surface area (Å²) in [6.45, 7) is 10.7. The zero-order chi connectivity index (χ0) is 14.6. The van der Waals surface area contributed by atoms with Crippen molar-refractivity contribution in [3.05, 3.63) is 6.92 Å². The van der Waals surface area contributed by atoms with Gasteiger partial charge in [0.1, 0.15) is 0 Å². The summed E-state index contributed by atoms with van der Waals surface area (Å²) in [5, 5.41) is 0. The van der Waals surface area contributed by atoms with Gasteiger partial charge < -0.3 is 0 Å². The summed E-state index contributed by atoms with van der Waals surface area (Å²) >= 11 is -2.15. The first kappa shape index (κ1) is 20.0. The van der Waals surface area contributed by atoms with Crippen LogP contribution in [0.1, 0.15) is 46.5 Å². The first-order valence-electron chi connectivity index (χ1n) is 7.30. The van der Waals surface area contributed by atoms with Gasteiger partial charge in [-0.2, -0.15) is 0 Å². The fourth-order valence-corrected chi connectivity index (χ4v) is 31.0. The molecule has 0 aromatic rings. The van der Waals surface area contributed by atoms with E-state index in [9.17, 15) is 4.79 Å². The maximum absolute atomic E-state index is 10.8. The van der Waals surface area contributed by atoms with E-state index in [1.54, 1.807) is 0 Å². The molecular formula is C14H29O2S2Sn. The van der Waals surface area contributed by atoms with E-state index in [0.29, 0.717) is 6.61 Å². The van der Waals surface area contributed by atoms with Crippen molar-refractivity contribution in [2.75, 3.05) is 18.1 Å². The standard InChI is InChI=1S/C4H8O2S.2C4H9.C2H5S.Sn/c1-4(5)6-2-3-7;2*1-3-4-2;1-2-3;/h7H,2-3H2,1H3;2*1,3-4H2,2H3;3H,1-2H2;/q;;;;+2/p-2. The third-order valence-corrected chi connectivity index (χ3v) is 33.7. The van der Waals surface area contributed by atoms with Crippen LogP contribution in [0, 0.1) is 6.92 Å². The Hall–Kier alpha value is 0.969. The van der Waals surface area contributed by atoms with Crippen LogP contribution in [0.4, 0.5) is 0 Å². The molecule has 1 radical (unpaired) electrons. The summed E-state index contributed by atoms with van der Waals surface area (Å²) in [5.41, 5.74) is 0. The monoisotopic (exact) mass is 413 g/mol. The second kappa shape index (κ2) is 12.7. The van der Waals surface area contributed by atoms with Crippen LogP contribution >= 0.6 is 17.9 Å². The quantitative estimate of drug-likeness (QED) is 0.259. The van der Waals surface area contributed by atoms with Crippen LogP contribution in [-0.2, 0) is 9.53 Å². The number of unbranched alkanes of at least 4 members (excludes halogenated alkanes) is 2. The second-order valence-electron chi connectivity index (χ2n) is 4.65. The summed E-state index contributed by atoms with van der Waals surface area (Å²) in [6, 6.07) is 0. The zero-order valence-electron chi connectivity index (χ0n) is 12.7. The van der Waals surface area contributed by atoms with Gasteiger partial charge in [-0.05, 0) is 0 Å². The number of carbonyl (C=O) groups is 1. The van der Waals surface area contributed by atoms with Crippen molar-refractivity contribution < 1.29 is 9.53 Å². The van der Waals surface area contributed by atoms with Gasteiger partial charge in [0.05, 0.1) is 0 Å². The van der Waals surface area contributed by atoms with Gasteiger partial charge in [0.25, 0.3) is 0 Å². The first-order chi connectivity index (χ1) is 9.10. The fourth-order valence-electron chi connectivity index (χ4n) is 1.95. The van der Waals surface area contributed by atoms with Gasteiger partial charge in [0.2, 0.25) is 0 Å². The van der Waals surface area contributed by atoms with Gasteiger partial charge in [-0.1, -0.05) is 0 Å². The van der Waals surface area contributed by atoms with Crippen LogP contribution < -0.4 is 0 Å². The molecule has 0 aliphatic rings. The molecule has 0 heterocycles. The Morgan fingerprint density at radius 2 is 1.74 bits per heavy atom.